The number of amides is 1. The molecule has 0 aliphatic carbocycles. The van der Waals surface area contributed by atoms with Gasteiger partial charge >= 0.3 is 0 Å². The van der Waals surface area contributed by atoms with Gasteiger partial charge in [0.25, 0.3) is 11.7 Å². The zero-order valence-corrected chi connectivity index (χ0v) is 21.3. The minimum atomic E-state index is -0.794. The van der Waals surface area contributed by atoms with Gasteiger partial charge in [-0.15, -0.1) is 0 Å². The number of rotatable bonds is 9. The predicted molar refractivity (Wildman–Crippen MR) is 141 cm³/mol. The molecular weight excluding hydrogens is 484 g/mol. The molecule has 3 aromatic rings. The second-order valence-electron chi connectivity index (χ2n) is 9.27. The number of aliphatic hydroxyl groups is 1. The Morgan fingerprint density at radius 3 is 2.58 bits per heavy atom. The molecular formula is C30H30N2O6. The number of carbonyl (C=O) groups excluding carboxylic acids is 2. The molecule has 8 nitrogen and oxygen atoms in total. The van der Waals surface area contributed by atoms with Crippen molar-refractivity contribution in [1.82, 2.24) is 9.88 Å². The van der Waals surface area contributed by atoms with E-state index in [0.29, 0.717) is 48.2 Å². The summed E-state index contributed by atoms with van der Waals surface area (Å²) < 4.78 is 17.1. The average molecular weight is 515 g/mol. The molecule has 1 saturated heterocycles. The largest absolute Gasteiger partial charge is 0.507 e. The molecule has 1 fully saturated rings. The standard InChI is InChI=1S/C30H30N2O6/c1-2-3-4-14-36-23-10-7-21(8-11-23)27-26(28(33)22-9-12-24-25(17-22)38-16-15-37-24)29(34)30(35)32(27)19-20-6-5-13-31-18-20/h5-13,17-18,27,33H,2-4,14-16,19H2,1H3/t27-/m1/s1. The van der Waals surface area contributed by atoms with Gasteiger partial charge in [-0.2, -0.15) is 0 Å². The number of benzene rings is 2. The van der Waals surface area contributed by atoms with Gasteiger partial charge < -0.3 is 24.2 Å². The monoisotopic (exact) mass is 514 g/mol. The number of likely N-dealkylation sites (tertiary alicyclic amines) is 1. The van der Waals surface area contributed by atoms with Crippen molar-refractivity contribution in [3.05, 3.63) is 89.3 Å². The minimum Gasteiger partial charge on any atom is -0.507 e. The Kier molecular flexibility index (Phi) is 7.58. The van der Waals surface area contributed by atoms with Gasteiger partial charge in [0.15, 0.2) is 11.5 Å². The number of Topliss-reactive ketones (excluding diaryl/α,β-unsaturated/α-hetero) is 1. The minimum absolute atomic E-state index is 0.0205. The number of hydrogen-bond acceptors (Lipinski definition) is 7. The summed E-state index contributed by atoms with van der Waals surface area (Å²) in [6.45, 7) is 3.75. The van der Waals surface area contributed by atoms with E-state index in [-0.39, 0.29) is 17.9 Å². The van der Waals surface area contributed by atoms with E-state index < -0.39 is 17.7 Å². The maximum Gasteiger partial charge on any atom is 0.295 e. The van der Waals surface area contributed by atoms with E-state index in [1.807, 2.05) is 30.3 Å². The van der Waals surface area contributed by atoms with Crippen LogP contribution in [0.25, 0.3) is 5.76 Å². The molecule has 2 aliphatic heterocycles. The predicted octanol–water partition coefficient (Wildman–Crippen LogP) is 5.04. The first-order valence-electron chi connectivity index (χ1n) is 12.9. The zero-order chi connectivity index (χ0) is 26.5. The summed E-state index contributed by atoms with van der Waals surface area (Å²) in [7, 11) is 0. The average Bonchev–Trinajstić information content (AvgIpc) is 3.20. The van der Waals surface area contributed by atoms with Crippen molar-refractivity contribution in [1.29, 1.82) is 0 Å². The normalized spacial score (nSPS) is 18.0. The fraction of sp³-hybridized carbons (Fsp3) is 0.300. The fourth-order valence-electron chi connectivity index (χ4n) is 4.71. The number of nitrogens with zero attached hydrogens (tertiary/aromatic N) is 2. The van der Waals surface area contributed by atoms with Crippen LogP contribution in [-0.2, 0) is 16.1 Å². The number of aliphatic hydroxyl groups excluding tert-OH is 1. The smallest absolute Gasteiger partial charge is 0.295 e. The van der Waals surface area contributed by atoms with Gasteiger partial charge in [0.2, 0.25) is 0 Å². The topological polar surface area (TPSA) is 98.2 Å². The maximum absolute atomic E-state index is 13.4. The SMILES string of the molecule is CCCCCOc1ccc([C@@H]2C(=C(O)c3ccc4c(c3)OCCO4)C(=O)C(=O)N2Cc2cccnc2)cc1. The summed E-state index contributed by atoms with van der Waals surface area (Å²) in [5, 5.41) is 11.4. The van der Waals surface area contributed by atoms with Crippen molar-refractivity contribution < 1.29 is 28.9 Å². The van der Waals surface area contributed by atoms with Crippen LogP contribution >= 0.6 is 0 Å². The van der Waals surface area contributed by atoms with Crippen LogP contribution in [0.3, 0.4) is 0 Å². The number of aromatic nitrogens is 1. The first-order valence-corrected chi connectivity index (χ1v) is 12.9. The molecule has 2 aliphatic rings. The van der Waals surface area contributed by atoms with Crippen LogP contribution in [0.1, 0.15) is 48.9 Å². The van der Waals surface area contributed by atoms with Crippen molar-refractivity contribution in [2.45, 2.75) is 38.8 Å². The molecule has 0 saturated carbocycles. The molecule has 5 rings (SSSR count). The molecule has 1 atom stereocenters. The van der Waals surface area contributed by atoms with E-state index >= 15 is 0 Å². The molecule has 196 valence electrons. The first kappa shape index (κ1) is 25.3. The number of fused-ring (bicyclic) bond motifs is 1. The van der Waals surface area contributed by atoms with Gasteiger partial charge in [0.1, 0.15) is 24.7 Å². The fourth-order valence-corrected chi connectivity index (χ4v) is 4.71. The molecule has 0 unspecified atom stereocenters. The highest BCUT2D eigenvalue weighted by molar-refractivity contribution is 6.46. The Labute approximate surface area is 221 Å². The third-order valence-electron chi connectivity index (χ3n) is 6.64. The van der Waals surface area contributed by atoms with E-state index in [4.69, 9.17) is 14.2 Å². The van der Waals surface area contributed by atoms with Gasteiger partial charge in [-0.3, -0.25) is 14.6 Å². The lowest BCUT2D eigenvalue weighted by Gasteiger charge is -2.25. The Balaban J connectivity index is 1.53. The van der Waals surface area contributed by atoms with Gasteiger partial charge in [0, 0.05) is 24.5 Å². The number of hydrogen-bond donors (Lipinski definition) is 1. The molecule has 1 N–H and O–H groups in total. The lowest BCUT2D eigenvalue weighted by molar-refractivity contribution is -0.140. The van der Waals surface area contributed by atoms with Crippen LogP contribution in [0.4, 0.5) is 0 Å². The maximum atomic E-state index is 13.4. The molecule has 3 heterocycles. The number of ether oxygens (including phenoxy) is 3. The Morgan fingerprint density at radius 1 is 1.05 bits per heavy atom. The van der Waals surface area contributed by atoms with Gasteiger partial charge in [0.05, 0.1) is 18.2 Å². The molecule has 2 aromatic carbocycles. The lowest BCUT2D eigenvalue weighted by atomic mass is 9.95. The summed E-state index contributed by atoms with van der Waals surface area (Å²) in [6, 6.07) is 15.1. The molecule has 1 amide bonds. The van der Waals surface area contributed by atoms with Crippen molar-refractivity contribution in [3.8, 4) is 17.2 Å². The highest BCUT2D eigenvalue weighted by Gasteiger charge is 2.46. The van der Waals surface area contributed by atoms with E-state index in [9.17, 15) is 14.7 Å². The zero-order valence-electron chi connectivity index (χ0n) is 21.3. The Bertz CT molecular complexity index is 1340. The summed E-state index contributed by atoms with van der Waals surface area (Å²) in [6.07, 6.45) is 6.49. The second kappa shape index (κ2) is 11.4. The van der Waals surface area contributed by atoms with Crippen LogP contribution in [-0.4, -0.2) is 46.5 Å². The quantitative estimate of drug-likeness (QED) is 0.185. The van der Waals surface area contributed by atoms with E-state index in [0.717, 1.165) is 24.8 Å². The highest BCUT2D eigenvalue weighted by Crippen LogP contribution is 2.42. The summed E-state index contributed by atoms with van der Waals surface area (Å²) >= 11 is 0. The van der Waals surface area contributed by atoms with E-state index in [1.54, 1.807) is 36.7 Å². The molecule has 0 bridgehead atoms. The van der Waals surface area contributed by atoms with E-state index in [2.05, 4.69) is 11.9 Å². The van der Waals surface area contributed by atoms with Gasteiger partial charge in [-0.1, -0.05) is 38.0 Å². The van der Waals surface area contributed by atoms with Crippen molar-refractivity contribution in [3.63, 3.8) is 0 Å². The summed E-state index contributed by atoms with van der Waals surface area (Å²) in [5.74, 6) is 0.0609. The highest BCUT2D eigenvalue weighted by atomic mass is 16.6. The van der Waals surface area contributed by atoms with Crippen molar-refractivity contribution in [2.75, 3.05) is 19.8 Å². The molecule has 8 heteroatoms. The third-order valence-corrected chi connectivity index (χ3v) is 6.64. The van der Waals surface area contributed by atoms with Crippen LogP contribution in [0, 0.1) is 0 Å². The number of ketones is 1. The van der Waals surface area contributed by atoms with Crippen LogP contribution in [0.15, 0.2) is 72.6 Å². The van der Waals surface area contributed by atoms with Crippen LogP contribution < -0.4 is 14.2 Å². The molecule has 0 radical (unpaired) electrons. The summed E-state index contributed by atoms with van der Waals surface area (Å²) in [4.78, 5) is 32.3. The Hall–Kier alpha value is -4.33. The van der Waals surface area contributed by atoms with Gasteiger partial charge in [-0.05, 0) is 53.9 Å². The van der Waals surface area contributed by atoms with Crippen molar-refractivity contribution in [2.24, 2.45) is 0 Å². The Morgan fingerprint density at radius 2 is 1.84 bits per heavy atom. The molecule has 1 aromatic heterocycles. The van der Waals surface area contributed by atoms with Crippen LogP contribution in [0.2, 0.25) is 0 Å². The van der Waals surface area contributed by atoms with Crippen LogP contribution in [0.5, 0.6) is 17.2 Å². The number of unbranched alkanes of at least 4 members (excludes halogenated alkanes) is 2. The molecule has 38 heavy (non-hydrogen) atoms. The molecule has 0 spiro atoms. The van der Waals surface area contributed by atoms with E-state index in [1.165, 1.54) is 4.90 Å². The first-order chi connectivity index (χ1) is 18.6. The van der Waals surface area contributed by atoms with Crippen molar-refractivity contribution >= 4 is 17.4 Å². The number of pyridine rings is 1. The lowest BCUT2D eigenvalue weighted by Crippen LogP contribution is -2.29. The van der Waals surface area contributed by atoms with Gasteiger partial charge in [-0.25, -0.2) is 0 Å². The second-order valence-corrected chi connectivity index (χ2v) is 9.27. The summed E-state index contributed by atoms with van der Waals surface area (Å²) in [5.41, 5.74) is 1.85. The number of carbonyl (C=O) groups is 2. The third kappa shape index (κ3) is 5.20.